The fourth-order valence-corrected chi connectivity index (χ4v) is 2.59. The van der Waals surface area contributed by atoms with E-state index in [0.717, 1.165) is 6.42 Å². The molecule has 2 heterocycles. The first-order valence-electron chi connectivity index (χ1n) is 7.52. The Hall–Kier alpha value is -2.21. The molecule has 1 aliphatic rings. The lowest BCUT2D eigenvalue weighted by molar-refractivity contribution is 0.0789. The maximum atomic E-state index is 12.4. The van der Waals surface area contributed by atoms with Crippen LogP contribution in [0.25, 0.3) is 0 Å². The molecule has 1 saturated heterocycles. The van der Waals surface area contributed by atoms with Crippen molar-refractivity contribution in [3.63, 3.8) is 0 Å². The summed E-state index contributed by atoms with van der Waals surface area (Å²) in [6.45, 7) is 4.19. The van der Waals surface area contributed by atoms with Crippen molar-refractivity contribution < 1.29 is 13.9 Å². The molecule has 1 unspecified atom stereocenters. The summed E-state index contributed by atoms with van der Waals surface area (Å²) in [6.07, 6.45) is 0.842. The molecular formula is C16H19N3O3. The Balaban J connectivity index is 1.62. The monoisotopic (exact) mass is 301 g/mol. The molecule has 0 radical (unpaired) electrons. The van der Waals surface area contributed by atoms with E-state index in [1.165, 1.54) is 0 Å². The SMILES string of the molecule is CCOCc1nnc(C2CCN(C(=O)c3ccccc3)C2)o1. The highest BCUT2D eigenvalue weighted by molar-refractivity contribution is 5.94. The Labute approximate surface area is 129 Å². The number of hydrogen-bond donors (Lipinski definition) is 0. The molecule has 6 nitrogen and oxygen atoms in total. The van der Waals surface area contributed by atoms with Crippen LogP contribution >= 0.6 is 0 Å². The van der Waals surface area contributed by atoms with Crippen molar-refractivity contribution in [3.8, 4) is 0 Å². The van der Waals surface area contributed by atoms with Crippen LogP contribution in [0.2, 0.25) is 0 Å². The Bertz CT molecular complexity index is 627. The predicted molar refractivity (Wildman–Crippen MR) is 79.3 cm³/mol. The Morgan fingerprint density at radius 1 is 1.36 bits per heavy atom. The molecule has 0 aliphatic carbocycles. The van der Waals surface area contributed by atoms with E-state index in [-0.39, 0.29) is 11.8 Å². The third kappa shape index (κ3) is 3.17. The number of rotatable bonds is 5. The van der Waals surface area contributed by atoms with E-state index in [9.17, 15) is 4.79 Å². The molecule has 1 aromatic heterocycles. The van der Waals surface area contributed by atoms with Gasteiger partial charge in [0.05, 0.1) is 5.92 Å². The summed E-state index contributed by atoms with van der Waals surface area (Å²) in [4.78, 5) is 14.2. The summed E-state index contributed by atoms with van der Waals surface area (Å²) in [6, 6.07) is 9.32. The number of amides is 1. The van der Waals surface area contributed by atoms with Crippen LogP contribution in [0.4, 0.5) is 0 Å². The average Bonchev–Trinajstić information content (AvgIpc) is 3.22. The molecule has 0 N–H and O–H groups in total. The summed E-state index contributed by atoms with van der Waals surface area (Å²) in [5, 5.41) is 8.06. The number of carbonyl (C=O) groups excluding carboxylic acids is 1. The second kappa shape index (κ2) is 6.70. The number of carbonyl (C=O) groups is 1. The zero-order valence-electron chi connectivity index (χ0n) is 12.6. The minimum atomic E-state index is 0.0529. The van der Waals surface area contributed by atoms with E-state index in [1.54, 1.807) is 0 Å². The van der Waals surface area contributed by atoms with E-state index in [0.29, 0.717) is 43.6 Å². The molecule has 1 aliphatic heterocycles. The number of hydrogen-bond acceptors (Lipinski definition) is 5. The molecule has 1 amide bonds. The maximum Gasteiger partial charge on any atom is 0.253 e. The second-order valence-corrected chi connectivity index (χ2v) is 5.27. The molecule has 1 aromatic carbocycles. The van der Waals surface area contributed by atoms with Crippen molar-refractivity contribution in [2.24, 2.45) is 0 Å². The molecule has 1 fully saturated rings. The van der Waals surface area contributed by atoms with Crippen LogP contribution in [0.1, 0.15) is 41.4 Å². The van der Waals surface area contributed by atoms with Crippen LogP contribution in [0, 0.1) is 0 Å². The van der Waals surface area contributed by atoms with Crippen LogP contribution in [0.5, 0.6) is 0 Å². The van der Waals surface area contributed by atoms with Gasteiger partial charge in [0.15, 0.2) is 0 Å². The van der Waals surface area contributed by atoms with Crippen LogP contribution in [0.15, 0.2) is 34.7 Å². The summed E-state index contributed by atoms with van der Waals surface area (Å²) in [7, 11) is 0. The molecule has 1 atom stereocenters. The maximum absolute atomic E-state index is 12.4. The number of aromatic nitrogens is 2. The van der Waals surface area contributed by atoms with Crippen molar-refractivity contribution in [2.75, 3.05) is 19.7 Å². The first-order valence-corrected chi connectivity index (χ1v) is 7.52. The normalized spacial score (nSPS) is 17.9. The molecule has 22 heavy (non-hydrogen) atoms. The van der Waals surface area contributed by atoms with Crippen molar-refractivity contribution in [1.29, 1.82) is 0 Å². The van der Waals surface area contributed by atoms with Gasteiger partial charge in [-0.25, -0.2) is 0 Å². The van der Waals surface area contributed by atoms with Gasteiger partial charge < -0.3 is 14.1 Å². The van der Waals surface area contributed by atoms with E-state index in [2.05, 4.69) is 10.2 Å². The molecule has 0 bridgehead atoms. The standard InChI is InChI=1S/C16H19N3O3/c1-2-21-11-14-17-18-15(22-14)13-8-9-19(10-13)16(20)12-6-4-3-5-7-12/h3-7,13H,2,8-11H2,1H3. The van der Waals surface area contributed by atoms with Crippen molar-refractivity contribution >= 4 is 5.91 Å². The van der Waals surface area contributed by atoms with E-state index >= 15 is 0 Å². The molecule has 2 aromatic rings. The average molecular weight is 301 g/mol. The number of ether oxygens (including phenoxy) is 1. The van der Waals surface area contributed by atoms with Crippen LogP contribution in [-0.2, 0) is 11.3 Å². The summed E-state index contributed by atoms with van der Waals surface area (Å²) in [5.74, 6) is 1.25. The van der Waals surface area contributed by atoms with Crippen LogP contribution in [-0.4, -0.2) is 40.7 Å². The van der Waals surface area contributed by atoms with E-state index in [4.69, 9.17) is 9.15 Å². The van der Waals surface area contributed by atoms with E-state index < -0.39 is 0 Å². The topological polar surface area (TPSA) is 68.5 Å². The fourth-order valence-electron chi connectivity index (χ4n) is 2.59. The van der Waals surface area contributed by atoms with Gasteiger partial charge in [0.2, 0.25) is 11.8 Å². The van der Waals surface area contributed by atoms with Gasteiger partial charge in [-0.2, -0.15) is 0 Å². The summed E-state index contributed by atoms with van der Waals surface area (Å²) >= 11 is 0. The largest absolute Gasteiger partial charge is 0.422 e. The van der Waals surface area contributed by atoms with Gasteiger partial charge in [-0.15, -0.1) is 10.2 Å². The lowest BCUT2D eigenvalue weighted by Gasteiger charge is -2.15. The smallest absolute Gasteiger partial charge is 0.253 e. The van der Waals surface area contributed by atoms with Gasteiger partial charge in [-0.3, -0.25) is 4.79 Å². The van der Waals surface area contributed by atoms with Gasteiger partial charge in [-0.05, 0) is 25.5 Å². The fraction of sp³-hybridized carbons (Fsp3) is 0.438. The highest BCUT2D eigenvalue weighted by Crippen LogP contribution is 2.27. The van der Waals surface area contributed by atoms with Gasteiger partial charge in [0, 0.05) is 25.3 Å². The summed E-state index contributed by atoms with van der Waals surface area (Å²) < 4.78 is 10.9. The third-order valence-corrected chi connectivity index (χ3v) is 3.76. The van der Waals surface area contributed by atoms with Gasteiger partial charge in [0.25, 0.3) is 5.91 Å². The van der Waals surface area contributed by atoms with Crippen molar-refractivity contribution in [1.82, 2.24) is 15.1 Å². The predicted octanol–water partition coefficient (Wildman–Crippen LogP) is 2.24. The second-order valence-electron chi connectivity index (χ2n) is 5.27. The molecule has 3 rings (SSSR count). The quantitative estimate of drug-likeness (QED) is 0.847. The minimum Gasteiger partial charge on any atom is -0.422 e. The zero-order chi connectivity index (χ0) is 15.4. The molecule has 0 spiro atoms. The van der Waals surface area contributed by atoms with Crippen LogP contribution < -0.4 is 0 Å². The zero-order valence-corrected chi connectivity index (χ0v) is 12.6. The van der Waals surface area contributed by atoms with Gasteiger partial charge >= 0.3 is 0 Å². The number of nitrogens with zero attached hydrogens (tertiary/aromatic N) is 3. The van der Waals surface area contributed by atoms with Crippen molar-refractivity contribution in [3.05, 3.63) is 47.7 Å². The molecule has 6 heteroatoms. The lowest BCUT2D eigenvalue weighted by Crippen LogP contribution is -2.28. The molecule has 116 valence electrons. The molecule has 0 saturated carbocycles. The highest BCUT2D eigenvalue weighted by Gasteiger charge is 2.31. The first-order chi connectivity index (χ1) is 10.8. The number of benzene rings is 1. The van der Waals surface area contributed by atoms with Gasteiger partial charge in [-0.1, -0.05) is 18.2 Å². The Kier molecular flexibility index (Phi) is 4.48. The lowest BCUT2D eigenvalue weighted by atomic mass is 10.1. The minimum absolute atomic E-state index is 0.0529. The summed E-state index contributed by atoms with van der Waals surface area (Å²) in [5.41, 5.74) is 0.714. The molecular weight excluding hydrogens is 282 g/mol. The van der Waals surface area contributed by atoms with Crippen LogP contribution in [0.3, 0.4) is 0 Å². The highest BCUT2D eigenvalue weighted by atomic mass is 16.5. The first kappa shape index (κ1) is 14.7. The van der Waals surface area contributed by atoms with Crippen molar-refractivity contribution in [2.45, 2.75) is 25.9 Å². The third-order valence-electron chi connectivity index (χ3n) is 3.76. The Morgan fingerprint density at radius 2 is 2.18 bits per heavy atom. The van der Waals surface area contributed by atoms with Gasteiger partial charge in [0.1, 0.15) is 6.61 Å². The Morgan fingerprint density at radius 3 is 2.95 bits per heavy atom. The number of likely N-dealkylation sites (tertiary alicyclic amines) is 1. The van der Waals surface area contributed by atoms with E-state index in [1.807, 2.05) is 42.2 Å².